The summed E-state index contributed by atoms with van der Waals surface area (Å²) in [5.74, 6) is -1.28. The summed E-state index contributed by atoms with van der Waals surface area (Å²) in [5, 5.41) is 7.92. The first-order chi connectivity index (χ1) is 12.7. The van der Waals surface area contributed by atoms with Gasteiger partial charge in [0.2, 0.25) is 0 Å². The summed E-state index contributed by atoms with van der Waals surface area (Å²) in [4.78, 5) is 4.04. The molecule has 0 amide bonds. The molecule has 2 aromatic heterocycles. The van der Waals surface area contributed by atoms with E-state index in [1.165, 1.54) is 35.0 Å². The van der Waals surface area contributed by atoms with E-state index in [1.807, 2.05) is 0 Å². The summed E-state index contributed by atoms with van der Waals surface area (Å²) in [7, 11) is 0. The molecule has 138 valence electrons. The van der Waals surface area contributed by atoms with Crippen LogP contribution in [0.2, 0.25) is 5.02 Å². The molecule has 5 nitrogen and oxygen atoms in total. The molecular weight excluding hydrogens is 501 g/mol. The van der Waals surface area contributed by atoms with Crippen LogP contribution in [-0.4, -0.2) is 25.9 Å². The van der Waals surface area contributed by atoms with E-state index in [-0.39, 0.29) is 16.1 Å². The predicted octanol–water partition coefficient (Wildman–Crippen LogP) is 5.33. The maximum Gasteiger partial charge on any atom is 0.490 e. The van der Waals surface area contributed by atoms with Crippen molar-refractivity contribution >= 4 is 62.4 Å². The Kier molecular flexibility index (Phi) is 4.34. The average Bonchev–Trinajstić information content (AvgIpc) is 3.01. The standard InChI is InChI=1S/C16H7ClF4IN5/c17-8-1-2-12-13(3-8)26-7-23-25-15(26)24-14(12)27(16(19,20)21)11-5-9(18)4-10(22)6-11/h1-7H. The third-order valence-corrected chi connectivity index (χ3v) is 4.62. The Hall–Kier alpha value is -2.21. The second-order valence-electron chi connectivity index (χ2n) is 5.53. The van der Waals surface area contributed by atoms with Gasteiger partial charge in [0.05, 0.1) is 11.2 Å². The maximum atomic E-state index is 14.0. The number of alkyl halides is 3. The van der Waals surface area contributed by atoms with Gasteiger partial charge in [0.25, 0.3) is 5.78 Å². The molecule has 0 aliphatic carbocycles. The zero-order valence-electron chi connectivity index (χ0n) is 13.0. The van der Waals surface area contributed by atoms with Gasteiger partial charge in [0.15, 0.2) is 5.82 Å². The molecule has 4 aromatic rings. The Morgan fingerprint density at radius 2 is 1.89 bits per heavy atom. The Morgan fingerprint density at radius 3 is 2.59 bits per heavy atom. The van der Waals surface area contributed by atoms with E-state index < -0.39 is 23.6 Å². The Bertz CT molecular complexity index is 1160. The lowest BCUT2D eigenvalue weighted by molar-refractivity contribution is -0.121. The predicted molar refractivity (Wildman–Crippen MR) is 101 cm³/mol. The van der Waals surface area contributed by atoms with Gasteiger partial charge in [0.1, 0.15) is 12.1 Å². The van der Waals surface area contributed by atoms with Crippen LogP contribution in [0.4, 0.5) is 29.1 Å². The monoisotopic (exact) mass is 507 g/mol. The third kappa shape index (κ3) is 3.27. The highest BCUT2D eigenvalue weighted by Crippen LogP contribution is 2.40. The van der Waals surface area contributed by atoms with Gasteiger partial charge >= 0.3 is 6.30 Å². The topological polar surface area (TPSA) is 46.3 Å². The Labute approximate surface area is 167 Å². The summed E-state index contributed by atoms with van der Waals surface area (Å²) in [6.45, 7) is 0. The second-order valence-corrected chi connectivity index (χ2v) is 7.21. The van der Waals surface area contributed by atoms with E-state index in [0.29, 0.717) is 14.1 Å². The molecule has 11 heteroatoms. The molecular formula is C16H7ClF4IN5. The van der Waals surface area contributed by atoms with E-state index >= 15 is 0 Å². The Morgan fingerprint density at radius 1 is 1.11 bits per heavy atom. The van der Waals surface area contributed by atoms with Crippen molar-refractivity contribution < 1.29 is 17.6 Å². The van der Waals surface area contributed by atoms with E-state index in [0.717, 1.165) is 12.1 Å². The van der Waals surface area contributed by atoms with Crippen LogP contribution in [0.5, 0.6) is 0 Å². The fourth-order valence-corrected chi connectivity index (χ4v) is 3.53. The highest BCUT2D eigenvalue weighted by molar-refractivity contribution is 14.1. The zero-order valence-corrected chi connectivity index (χ0v) is 16.0. The summed E-state index contributed by atoms with van der Waals surface area (Å²) in [5.41, 5.74) is -0.0626. The normalized spacial score (nSPS) is 12.1. The van der Waals surface area contributed by atoms with Gasteiger partial charge in [-0.25, -0.2) is 9.29 Å². The number of benzene rings is 2. The van der Waals surface area contributed by atoms with Crippen LogP contribution in [0.15, 0.2) is 42.7 Å². The summed E-state index contributed by atoms with van der Waals surface area (Å²) < 4.78 is 57.5. The van der Waals surface area contributed by atoms with Crippen LogP contribution < -0.4 is 4.90 Å². The fourth-order valence-electron chi connectivity index (χ4n) is 2.75. The first-order valence-corrected chi connectivity index (χ1v) is 8.82. The molecule has 2 heterocycles. The second kappa shape index (κ2) is 6.44. The van der Waals surface area contributed by atoms with Gasteiger partial charge < -0.3 is 0 Å². The molecule has 2 aromatic carbocycles. The smallest absolute Gasteiger partial charge is 0.265 e. The van der Waals surface area contributed by atoms with Gasteiger partial charge in [-0.05, 0) is 59.0 Å². The number of rotatable bonds is 2. The van der Waals surface area contributed by atoms with Crippen LogP contribution in [0.3, 0.4) is 0 Å². The quantitative estimate of drug-likeness (QED) is 0.209. The molecule has 0 radical (unpaired) electrons. The number of hydrogen-bond acceptors (Lipinski definition) is 4. The van der Waals surface area contributed by atoms with Crippen LogP contribution in [0.1, 0.15) is 0 Å². The number of halogens is 6. The SMILES string of the molecule is Fc1cc(I)cc(N(c2nc3nncn3c3cc(Cl)ccc23)C(F)(F)F)c1. The number of anilines is 2. The molecule has 0 unspecified atom stereocenters. The van der Waals surface area contributed by atoms with Crippen LogP contribution in [-0.2, 0) is 0 Å². The van der Waals surface area contributed by atoms with Gasteiger partial charge in [0, 0.05) is 14.0 Å². The van der Waals surface area contributed by atoms with E-state index in [9.17, 15) is 17.6 Å². The lowest BCUT2D eigenvalue weighted by atomic mass is 10.2. The molecule has 0 spiro atoms. The van der Waals surface area contributed by atoms with Gasteiger partial charge in [-0.15, -0.1) is 23.4 Å². The fraction of sp³-hybridized carbons (Fsp3) is 0.0625. The zero-order chi connectivity index (χ0) is 19.3. The minimum Gasteiger partial charge on any atom is -0.265 e. The van der Waals surface area contributed by atoms with E-state index in [2.05, 4.69) is 15.2 Å². The lowest BCUT2D eigenvalue weighted by Gasteiger charge is -2.27. The molecule has 4 rings (SSSR count). The third-order valence-electron chi connectivity index (χ3n) is 3.77. The molecule has 0 atom stereocenters. The van der Waals surface area contributed by atoms with Gasteiger partial charge in [-0.1, -0.05) is 11.6 Å². The highest BCUT2D eigenvalue weighted by atomic mass is 127. The van der Waals surface area contributed by atoms with E-state index in [4.69, 9.17) is 11.6 Å². The summed E-state index contributed by atoms with van der Waals surface area (Å²) >= 11 is 7.75. The molecule has 0 bridgehead atoms. The van der Waals surface area contributed by atoms with Gasteiger partial charge in [-0.3, -0.25) is 4.40 Å². The van der Waals surface area contributed by atoms with Crippen molar-refractivity contribution in [2.45, 2.75) is 6.30 Å². The molecule has 0 aliphatic rings. The van der Waals surface area contributed by atoms with Gasteiger partial charge in [-0.2, -0.15) is 4.98 Å². The van der Waals surface area contributed by atoms with Crippen molar-refractivity contribution in [3.05, 3.63) is 57.1 Å². The number of aromatic nitrogens is 4. The van der Waals surface area contributed by atoms with Crippen molar-refractivity contribution in [3.63, 3.8) is 0 Å². The van der Waals surface area contributed by atoms with Crippen molar-refractivity contribution in [2.75, 3.05) is 4.90 Å². The van der Waals surface area contributed by atoms with Crippen LogP contribution in [0, 0.1) is 9.39 Å². The number of hydrogen-bond donors (Lipinski definition) is 0. The minimum absolute atomic E-state index is 0.0170. The van der Waals surface area contributed by atoms with Crippen molar-refractivity contribution in [2.24, 2.45) is 0 Å². The number of fused-ring (bicyclic) bond motifs is 3. The summed E-state index contributed by atoms with van der Waals surface area (Å²) in [6.07, 6.45) is -3.54. The van der Waals surface area contributed by atoms with Crippen molar-refractivity contribution in [3.8, 4) is 0 Å². The van der Waals surface area contributed by atoms with Crippen LogP contribution >= 0.6 is 34.2 Å². The molecule has 0 fully saturated rings. The number of nitrogens with zero attached hydrogens (tertiary/aromatic N) is 5. The molecule has 0 saturated heterocycles. The van der Waals surface area contributed by atoms with Crippen molar-refractivity contribution in [1.29, 1.82) is 0 Å². The van der Waals surface area contributed by atoms with E-state index in [1.54, 1.807) is 22.6 Å². The largest absolute Gasteiger partial charge is 0.490 e. The van der Waals surface area contributed by atoms with Crippen LogP contribution in [0.25, 0.3) is 16.7 Å². The molecule has 0 N–H and O–H groups in total. The first kappa shape index (κ1) is 18.2. The maximum absolute atomic E-state index is 14.0. The molecule has 27 heavy (non-hydrogen) atoms. The summed E-state index contributed by atoms with van der Waals surface area (Å²) in [6, 6.07) is 7.51. The lowest BCUT2D eigenvalue weighted by Crippen LogP contribution is -2.34. The molecule has 0 saturated carbocycles. The van der Waals surface area contributed by atoms with Crippen molar-refractivity contribution in [1.82, 2.24) is 19.6 Å². The first-order valence-electron chi connectivity index (χ1n) is 7.36. The Balaban J connectivity index is 2.09. The highest BCUT2D eigenvalue weighted by Gasteiger charge is 2.41. The minimum atomic E-state index is -4.87. The average molecular weight is 508 g/mol. The molecule has 0 aliphatic heterocycles.